The van der Waals surface area contributed by atoms with E-state index in [0.717, 1.165) is 6.42 Å². The van der Waals surface area contributed by atoms with Crippen LogP contribution in [0, 0.1) is 11.7 Å². The van der Waals surface area contributed by atoms with Gasteiger partial charge in [0.25, 0.3) is 0 Å². The molecule has 2 aromatic rings. The summed E-state index contributed by atoms with van der Waals surface area (Å²) in [5.41, 5.74) is 0.579. The highest BCUT2D eigenvalue weighted by Gasteiger charge is 2.15. The van der Waals surface area contributed by atoms with E-state index in [1.54, 1.807) is 35.1 Å². The van der Waals surface area contributed by atoms with E-state index < -0.39 is 0 Å². The minimum Gasteiger partial charge on any atom is -0.309 e. The number of hydrogen-bond donors (Lipinski definition) is 1. The highest BCUT2D eigenvalue weighted by molar-refractivity contribution is 5.89. The highest BCUT2D eigenvalue weighted by atomic mass is 19.1. The third-order valence-corrected chi connectivity index (χ3v) is 4.70. The fourth-order valence-corrected chi connectivity index (χ4v) is 3.33. The predicted molar refractivity (Wildman–Crippen MR) is 92.2 cm³/mol. The van der Waals surface area contributed by atoms with Crippen LogP contribution in [0.3, 0.4) is 0 Å². The van der Waals surface area contributed by atoms with Gasteiger partial charge < -0.3 is 5.32 Å². The Morgan fingerprint density at radius 1 is 1.21 bits per heavy atom. The Bertz CT molecular complexity index is 677. The van der Waals surface area contributed by atoms with Crippen LogP contribution in [0.15, 0.2) is 36.5 Å². The average molecular weight is 329 g/mol. The fourth-order valence-electron chi connectivity index (χ4n) is 3.33. The topological polar surface area (TPSA) is 46.9 Å². The van der Waals surface area contributed by atoms with E-state index in [2.05, 4.69) is 10.4 Å². The fraction of sp³-hybridized carbons (Fsp3) is 0.474. The van der Waals surface area contributed by atoms with Crippen molar-refractivity contribution in [3.63, 3.8) is 0 Å². The van der Waals surface area contributed by atoms with Gasteiger partial charge in [-0.3, -0.25) is 9.48 Å². The minimum atomic E-state index is -0.244. The summed E-state index contributed by atoms with van der Waals surface area (Å²) in [7, 11) is 0. The molecule has 1 amide bonds. The van der Waals surface area contributed by atoms with Crippen LogP contribution in [0.2, 0.25) is 0 Å². The van der Waals surface area contributed by atoms with E-state index in [9.17, 15) is 9.18 Å². The summed E-state index contributed by atoms with van der Waals surface area (Å²) in [6.07, 6.45) is 9.70. The van der Waals surface area contributed by atoms with Crippen molar-refractivity contribution >= 4 is 11.7 Å². The van der Waals surface area contributed by atoms with Crippen LogP contribution in [0.1, 0.15) is 50.5 Å². The maximum absolute atomic E-state index is 13.7. The van der Waals surface area contributed by atoms with Gasteiger partial charge in [0.15, 0.2) is 5.82 Å². The molecule has 1 saturated carbocycles. The summed E-state index contributed by atoms with van der Waals surface area (Å²) in [4.78, 5) is 12.1. The summed E-state index contributed by atoms with van der Waals surface area (Å²) in [5.74, 6) is 0.992. The van der Waals surface area contributed by atoms with Crippen LogP contribution < -0.4 is 5.32 Å². The van der Waals surface area contributed by atoms with E-state index in [-0.39, 0.29) is 11.7 Å². The van der Waals surface area contributed by atoms with E-state index >= 15 is 0 Å². The Morgan fingerprint density at radius 2 is 2.00 bits per heavy atom. The van der Waals surface area contributed by atoms with Crippen LogP contribution in [-0.4, -0.2) is 15.7 Å². The molecular formula is C19H24FN3O. The van der Waals surface area contributed by atoms with Gasteiger partial charge in [0.1, 0.15) is 5.82 Å². The van der Waals surface area contributed by atoms with Gasteiger partial charge in [-0.2, -0.15) is 5.10 Å². The van der Waals surface area contributed by atoms with Gasteiger partial charge in [-0.25, -0.2) is 4.39 Å². The van der Waals surface area contributed by atoms with Crippen LogP contribution in [-0.2, 0) is 11.3 Å². The molecule has 4 nitrogen and oxygen atoms in total. The minimum absolute atomic E-state index is 0.0108. The van der Waals surface area contributed by atoms with Crippen molar-refractivity contribution in [3.8, 4) is 0 Å². The Hall–Kier alpha value is -2.17. The second kappa shape index (κ2) is 8.08. The predicted octanol–water partition coefficient (Wildman–Crippen LogP) is 4.37. The molecule has 3 rings (SSSR count). The summed E-state index contributed by atoms with van der Waals surface area (Å²) in [5, 5.41) is 7.14. The zero-order valence-electron chi connectivity index (χ0n) is 13.9. The first-order chi connectivity index (χ1) is 11.7. The van der Waals surface area contributed by atoms with E-state index in [4.69, 9.17) is 0 Å². The monoisotopic (exact) mass is 329 g/mol. The van der Waals surface area contributed by atoms with Gasteiger partial charge in [0, 0.05) is 24.2 Å². The molecule has 1 fully saturated rings. The molecule has 0 radical (unpaired) electrons. The number of amides is 1. The highest BCUT2D eigenvalue weighted by Crippen LogP contribution is 2.27. The molecule has 0 spiro atoms. The van der Waals surface area contributed by atoms with Crippen LogP contribution >= 0.6 is 0 Å². The van der Waals surface area contributed by atoms with Crippen molar-refractivity contribution in [2.24, 2.45) is 5.92 Å². The number of benzene rings is 1. The van der Waals surface area contributed by atoms with E-state index in [0.29, 0.717) is 30.3 Å². The molecule has 0 aliphatic heterocycles. The lowest BCUT2D eigenvalue weighted by Gasteiger charge is -2.20. The van der Waals surface area contributed by atoms with E-state index in [1.807, 2.05) is 0 Å². The third-order valence-electron chi connectivity index (χ3n) is 4.70. The van der Waals surface area contributed by atoms with Crippen LogP contribution in [0.5, 0.6) is 0 Å². The van der Waals surface area contributed by atoms with Crippen LogP contribution in [0.25, 0.3) is 0 Å². The molecule has 0 unspecified atom stereocenters. The summed E-state index contributed by atoms with van der Waals surface area (Å²) in [6, 6.07) is 8.39. The number of halogens is 1. The SMILES string of the molecule is O=C(CCC1CCCCC1)Nc1ccn(Cc2ccccc2F)n1. The Labute approximate surface area is 142 Å². The van der Waals surface area contributed by atoms with Crippen molar-refractivity contribution in [1.82, 2.24) is 9.78 Å². The first-order valence-electron chi connectivity index (χ1n) is 8.77. The van der Waals surface area contributed by atoms with Crippen molar-refractivity contribution in [1.29, 1.82) is 0 Å². The quantitative estimate of drug-likeness (QED) is 0.855. The van der Waals surface area contributed by atoms with Crippen molar-refractivity contribution < 1.29 is 9.18 Å². The van der Waals surface area contributed by atoms with Gasteiger partial charge >= 0.3 is 0 Å². The number of rotatable bonds is 6. The van der Waals surface area contributed by atoms with Crippen molar-refractivity contribution in [3.05, 3.63) is 47.9 Å². The normalized spacial score (nSPS) is 15.4. The molecule has 5 heteroatoms. The molecule has 1 aromatic carbocycles. The molecule has 1 aliphatic carbocycles. The smallest absolute Gasteiger partial charge is 0.225 e. The summed E-state index contributed by atoms with van der Waals surface area (Å²) in [6.45, 7) is 0.352. The maximum atomic E-state index is 13.7. The first kappa shape index (κ1) is 16.7. The van der Waals surface area contributed by atoms with Gasteiger partial charge in [-0.15, -0.1) is 0 Å². The molecule has 0 saturated heterocycles. The Balaban J connectivity index is 1.48. The number of hydrogen-bond acceptors (Lipinski definition) is 2. The number of carbonyl (C=O) groups excluding carboxylic acids is 1. The molecule has 1 heterocycles. The van der Waals surface area contributed by atoms with E-state index in [1.165, 1.54) is 38.2 Å². The summed E-state index contributed by atoms with van der Waals surface area (Å²) >= 11 is 0. The molecule has 0 atom stereocenters. The molecule has 24 heavy (non-hydrogen) atoms. The molecule has 1 aromatic heterocycles. The van der Waals surface area contributed by atoms with Gasteiger partial charge in [-0.05, 0) is 18.4 Å². The molecule has 0 bridgehead atoms. The van der Waals surface area contributed by atoms with Gasteiger partial charge in [0.05, 0.1) is 6.54 Å². The first-order valence-corrected chi connectivity index (χ1v) is 8.77. The Kier molecular flexibility index (Phi) is 5.62. The standard InChI is InChI=1S/C19H24FN3O/c20-17-9-5-4-8-16(17)14-23-13-12-18(22-23)21-19(24)11-10-15-6-2-1-3-7-15/h4-5,8-9,12-13,15H,1-3,6-7,10-11,14H2,(H,21,22,24). The number of nitrogens with one attached hydrogen (secondary N) is 1. The summed E-state index contributed by atoms with van der Waals surface area (Å²) < 4.78 is 15.3. The largest absolute Gasteiger partial charge is 0.309 e. The average Bonchev–Trinajstić information content (AvgIpc) is 3.03. The van der Waals surface area contributed by atoms with Crippen molar-refractivity contribution in [2.45, 2.75) is 51.5 Å². The number of anilines is 1. The van der Waals surface area contributed by atoms with Gasteiger partial charge in [-0.1, -0.05) is 50.3 Å². The molecule has 128 valence electrons. The second-order valence-corrected chi connectivity index (χ2v) is 6.58. The Morgan fingerprint density at radius 3 is 2.79 bits per heavy atom. The number of nitrogens with zero attached hydrogens (tertiary/aromatic N) is 2. The van der Waals surface area contributed by atoms with Gasteiger partial charge in [0.2, 0.25) is 5.91 Å². The number of carbonyl (C=O) groups is 1. The maximum Gasteiger partial charge on any atom is 0.225 e. The molecule has 1 aliphatic rings. The molecule has 1 N–H and O–H groups in total. The zero-order valence-corrected chi connectivity index (χ0v) is 13.9. The second-order valence-electron chi connectivity index (χ2n) is 6.58. The lowest BCUT2D eigenvalue weighted by Crippen LogP contribution is -2.15. The molecular weight excluding hydrogens is 305 g/mol. The van der Waals surface area contributed by atoms with Crippen LogP contribution in [0.4, 0.5) is 10.2 Å². The third kappa shape index (κ3) is 4.66. The lowest BCUT2D eigenvalue weighted by atomic mass is 9.86. The number of aromatic nitrogens is 2. The lowest BCUT2D eigenvalue weighted by molar-refractivity contribution is -0.116. The van der Waals surface area contributed by atoms with Crippen molar-refractivity contribution in [2.75, 3.05) is 5.32 Å². The zero-order chi connectivity index (χ0) is 16.8.